The molecule has 0 saturated heterocycles. The Labute approximate surface area is 152 Å². The minimum absolute atomic E-state index is 0. The summed E-state index contributed by atoms with van der Waals surface area (Å²) < 4.78 is 28.7. The summed E-state index contributed by atoms with van der Waals surface area (Å²) in [5, 5.41) is 0. The third kappa shape index (κ3) is 493. The predicted molar refractivity (Wildman–Crippen MR) is 65.7 cm³/mol. The molecule has 2 radical (unpaired) electrons. The van der Waals surface area contributed by atoms with Gasteiger partial charge in [-0.2, -0.15) is 0 Å². The first-order chi connectivity index (χ1) is 5.20. The molecular weight excluding hydrogens is 589 g/mol. The van der Waals surface area contributed by atoms with Crippen molar-refractivity contribution >= 4 is 56.3 Å². The SMILES string of the molecule is CS(C)=O.CS(C)=O.CS(C)=O.[I-].[I-].[Sn+2]. The van der Waals surface area contributed by atoms with Gasteiger partial charge in [0.2, 0.25) is 0 Å². The van der Waals surface area contributed by atoms with Crippen LogP contribution in [0, 0.1) is 0 Å². The van der Waals surface area contributed by atoms with Gasteiger partial charge in [-0.25, -0.2) is 0 Å². The maximum absolute atomic E-state index is 9.56. The summed E-state index contributed by atoms with van der Waals surface area (Å²) in [5.41, 5.74) is 0. The van der Waals surface area contributed by atoms with Crippen LogP contribution in [0.5, 0.6) is 0 Å². The Hall–Kier alpha value is 2.71. The zero-order valence-electron chi connectivity index (χ0n) is 9.71. The third-order valence-electron chi connectivity index (χ3n) is 0. The van der Waals surface area contributed by atoms with E-state index in [1.807, 2.05) is 0 Å². The summed E-state index contributed by atoms with van der Waals surface area (Å²) in [6.07, 6.45) is 9.83. The molecule has 0 rings (SSSR count). The summed E-state index contributed by atoms with van der Waals surface area (Å²) in [6.45, 7) is 0. The van der Waals surface area contributed by atoms with Gasteiger partial charge in [0.05, 0.1) is 0 Å². The summed E-state index contributed by atoms with van der Waals surface area (Å²) in [6, 6.07) is 0. The molecule has 0 aliphatic carbocycles. The Morgan fingerprint density at radius 2 is 0.533 bits per heavy atom. The molecule has 0 saturated carbocycles. The minimum Gasteiger partial charge on any atom is -1.00 e. The number of halogens is 2. The van der Waals surface area contributed by atoms with Gasteiger partial charge in [0.1, 0.15) is 0 Å². The van der Waals surface area contributed by atoms with E-state index >= 15 is 0 Å². The Kier molecular flexibility index (Phi) is 72.3. The van der Waals surface area contributed by atoms with Gasteiger partial charge in [-0.05, 0) is 0 Å². The van der Waals surface area contributed by atoms with Gasteiger partial charge in [-0.15, -0.1) is 0 Å². The van der Waals surface area contributed by atoms with Crippen LogP contribution in [-0.2, 0) is 32.4 Å². The standard InChI is InChI=1S/3C2H6OS.2HI.Sn/c3*1-4(2)3;;;/h3*1-2H3;2*1H;/q;;;;;+2/p-2. The zero-order chi connectivity index (χ0) is 10.7. The molecule has 3 nitrogen and oxygen atoms in total. The monoisotopic (exact) mass is 608 g/mol. The van der Waals surface area contributed by atoms with Crippen molar-refractivity contribution in [3.8, 4) is 0 Å². The first-order valence-corrected chi connectivity index (χ1v) is 8.85. The number of hydrogen-bond donors (Lipinski definition) is 0. The van der Waals surface area contributed by atoms with Crippen molar-refractivity contribution in [2.75, 3.05) is 37.5 Å². The van der Waals surface area contributed by atoms with Crippen molar-refractivity contribution in [2.24, 2.45) is 0 Å². The van der Waals surface area contributed by atoms with Crippen LogP contribution in [0.25, 0.3) is 0 Å². The van der Waals surface area contributed by atoms with E-state index in [1.165, 1.54) is 0 Å². The van der Waals surface area contributed by atoms with E-state index in [0.29, 0.717) is 0 Å². The quantitative estimate of drug-likeness (QED) is 0.204. The van der Waals surface area contributed by atoms with Crippen molar-refractivity contribution in [3.05, 3.63) is 0 Å². The van der Waals surface area contributed by atoms with Crippen LogP contribution in [0.4, 0.5) is 0 Å². The molecule has 0 aromatic carbocycles. The fourth-order valence-corrected chi connectivity index (χ4v) is 0. The molecule has 0 amide bonds. The maximum atomic E-state index is 9.56. The minimum atomic E-state index is -0.611. The molecule has 0 unspecified atom stereocenters. The van der Waals surface area contributed by atoms with Crippen LogP contribution in [-0.4, -0.2) is 74.1 Å². The number of rotatable bonds is 0. The van der Waals surface area contributed by atoms with Crippen LogP contribution in [0.15, 0.2) is 0 Å². The van der Waals surface area contributed by atoms with Crippen LogP contribution >= 0.6 is 0 Å². The molecule has 0 aromatic rings. The van der Waals surface area contributed by atoms with Crippen molar-refractivity contribution in [1.82, 2.24) is 0 Å². The fraction of sp³-hybridized carbons (Fsp3) is 1.00. The smallest absolute Gasteiger partial charge is 1.00 e. The molecule has 0 N–H and O–H groups in total. The fourth-order valence-electron chi connectivity index (χ4n) is 0. The average Bonchev–Trinajstić information content (AvgIpc) is 1.54. The molecule has 9 heteroatoms. The van der Waals surface area contributed by atoms with Crippen LogP contribution in [0.2, 0.25) is 0 Å². The first kappa shape index (κ1) is 36.1. The van der Waals surface area contributed by atoms with E-state index in [0.717, 1.165) is 0 Å². The normalized spacial score (nSPS) is 7.00. The van der Waals surface area contributed by atoms with E-state index in [2.05, 4.69) is 0 Å². The van der Waals surface area contributed by atoms with Gasteiger partial charge >= 0.3 is 23.9 Å². The van der Waals surface area contributed by atoms with Crippen LogP contribution in [0.1, 0.15) is 0 Å². The van der Waals surface area contributed by atoms with E-state index in [9.17, 15) is 12.6 Å². The molecule has 0 fully saturated rings. The van der Waals surface area contributed by atoms with Gasteiger partial charge in [0, 0.05) is 69.9 Å². The van der Waals surface area contributed by atoms with Crippen molar-refractivity contribution in [3.63, 3.8) is 0 Å². The molecule has 0 atom stereocenters. The Morgan fingerprint density at radius 1 is 0.533 bits per heavy atom. The van der Waals surface area contributed by atoms with Gasteiger partial charge in [0.25, 0.3) is 0 Å². The summed E-state index contributed by atoms with van der Waals surface area (Å²) >= 11 is 0. The molecular formula is C6H18I2O3S3Sn. The largest absolute Gasteiger partial charge is 2.00 e. The molecule has 0 spiro atoms. The summed E-state index contributed by atoms with van der Waals surface area (Å²) in [5.74, 6) is 0. The molecule has 0 bridgehead atoms. The van der Waals surface area contributed by atoms with E-state index < -0.39 is 32.4 Å². The number of hydrogen-bond acceptors (Lipinski definition) is 3. The molecule has 0 aliphatic heterocycles. The third-order valence-corrected chi connectivity index (χ3v) is 0. The first-order valence-electron chi connectivity index (χ1n) is 2.95. The Morgan fingerprint density at radius 3 is 0.533 bits per heavy atom. The second-order valence-corrected chi connectivity index (χ2v) is 6.67. The molecule has 0 aromatic heterocycles. The second-order valence-electron chi connectivity index (χ2n) is 2.22. The van der Waals surface area contributed by atoms with E-state index in [-0.39, 0.29) is 71.9 Å². The van der Waals surface area contributed by atoms with Crippen molar-refractivity contribution in [1.29, 1.82) is 0 Å². The average molecular weight is 607 g/mol. The van der Waals surface area contributed by atoms with E-state index in [1.54, 1.807) is 37.5 Å². The van der Waals surface area contributed by atoms with E-state index in [4.69, 9.17) is 0 Å². The summed E-state index contributed by atoms with van der Waals surface area (Å²) in [4.78, 5) is 0. The predicted octanol–water partition coefficient (Wildman–Crippen LogP) is -6.39. The molecule has 0 aliphatic rings. The second kappa shape index (κ2) is 30.1. The van der Waals surface area contributed by atoms with Crippen molar-refractivity contribution < 1.29 is 60.6 Å². The van der Waals surface area contributed by atoms with Crippen molar-refractivity contribution in [2.45, 2.75) is 0 Å². The maximum Gasteiger partial charge on any atom is 2.00 e. The van der Waals surface area contributed by atoms with Crippen LogP contribution in [0.3, 0.4) is 0 Å². The van der Waals surface area contributed by atoms with Gasteiger partial charge in [-0.1, -0.05) is 0 Å². The Bertz CT molecular complexity index is 129. The van der Waals surface area contributed by atoms with Crippen LogP contribution < -0.4 is 48.0 Å². The van der Waals surface area contributed by atoms with Gasteiger partial charge in [0.15, 0.2) is 0 Å². The molecule has 96 valence electrons. The molecule has 0 heterocycles. The topological polar surface area (TPSA) is 51.2 Å². The molecule has 15 heavy (non-hydrogen) atoms. The zero-order valence-corrected chi connectivity index (χ0v) is 19.3. The Balaban J connectivity index is -0.0000000184. The summed E-state index contributed by atoms with van der Waals surface area (Å²) in [7, 11) is -1.83. The van der Waals surface area contributed by atoms with Gasteiger partial charge < -0.3 is 48.0 Å². The van der Waals surface area contributed by atoms with Gasteiger partial charge in [-0.3, -0.25) is 12.6 Å².